The molecule has 122 valence electrons. The predicted octanol–water partition coefficient (Wildman–Crippen LogP) is 1.85. The van der Waals surface area contributed by atoms with E-state index in [9.17, 15) is 4.79 Å². The maximum Gasteiger partial charge on any atom is 0.435 e. The molecule has 0 aromatic heterocycles. The van der Waals surface area contributed by atoms with Crippen LogP contribution >= 0.6 is 0 Å². The van der Waals surface area contributed by atoms with Gasteiger partial charge in [0.15, 0.2) is 0 Å². The molecule has 0 unspecified atom stereocenters. The molecule has 0 saturated carbocycles. The fraction of sp³-hybridized carbons (Fsp3) is 0.867. The van der Waals surface area contributed by atoms with Crippen LogP contribution in [0.4, 0.5) is 4.79 Å². The molecule has 0 aromatic rings. The van der Waals surface area contributed by atoms with Crippen molar-refractivity contribution in [2.75, 3.05) is 53.6 Å². The molecule has 1 aliphatic heterocycles. The van der Waals surface area contributed by atoms with Crippen molar-refractivity contribution in [1.29, 1.82) is 0 Å². The Morgan fingerprint density at radius 1 is 1.29 bits per heavy atom. The number of carbonyl (C=O) groups is 1. The van der Waals surface area contributed by atoms with Crippen LogP contribution in [0.15, 0.2) is 4.99 Å². The van der Waals surface area contributed by atoms with Gasteiger partial charge in [0, 0.05) is 25.0 Å². The molecule has 6 nitrogen and oxygen atoms in total. The summed E-state index contributed by atoms with van der Waals surface area (Å²) >= 11 is 0. The molecule has 1 rings (SSSR count). The van der Waals surface area contributed by atoms with Crippen molar-refractivity contribution in [2.45, 2.75) is 27.2 Å². The van der Waals surface area contributed by atoms with E-state index >= 15 is 0 Å². The summed E-state index contributed by atoms with van der Waals surface area (Å²) in [6.45, 7) is 10.4. The van der Waals surface area contributed by atoms with Gasteiger partial charge in [-0.25, -0.2) is 4.79 Å². The van der Waals surface area contributed by atoms with E-state index in [1.54, 1.807) is 0 Å². The van der Waals surface area contributed by atoms with Crippen LogP contribution in [0.3, 0.4) is 0 Å². The summed E-state index contributed by atoms with van der Waals surface area (Å²) in [6, 6.07) is 0. The SMILES string of the molecule is CN(C)CCCOC(=O)N=C(N1CCOCC1)C(C)(C)C. The van der Waals surface area contributed by atoms with Crippen LogP contribution in [0.5, 0.6) is 0 Å². The van der Waals surface area contributed by atoms with Crippen LogP contribution in [0.1, 0.15) is 27.2 Å². The Hall–Kier alpha value is -1.14. The highest BCUT2D eigenvalue weighted by Gasteiger charge is 2.27. The first kappa shape index (κ1) is 17.9. The second-order valence-corrected chi connectivity index (χ2v) is 6.56. The molecule has 0 aliphatic carbocycles. The molecule has 1 saturated heterocycles. The largest absolute Gasteiger partial charge is 0.448 e. The lowest BCUT2D eigenvalue weighted by atomic mass is 9.93. The van der Waals surface area contributed by atoms with Crippen LogP contribution in [0, 0.1) is 5.41 Å². The number of carbonyl (C=O) groups excluding carboxylic acids is 1. The molecule has 1 aliphatic rings. The Morgan fingerprint density at radius 2 is 1.90 bits per heavy atom. The van der Waals surface area contributed by atoms with Crippen molar-refractivity contribution < 1.29 is 14.3 Å². The number of amides is 1. The summed E-state index contributed by atoms with van der Waals surface area (Å²) < 4.78 is 10.5. The lowest BCUT2D eigenvalue weighted by Gasteiger charge is -2.35. The van der Waals surface area contributed by atoms with E-state index in [1.807, 2.05) is 14.1 Å². The van der Waals surface area contributed by atoms with Gasteiger partial charge in [0.05, 0.1) is 19.8 Å². The smallest absolute Gasteiger partial charge is 0.435 e. The van der Waals surface area contributed by atoms with Crippen LogP contribution in [0.25, 0.3) is 0 Å². The molecule has 6 heteroatoms. The molecule has 0 aromatic carbocycles. The quantitative estimate of drug-likeness (QED) is 0.450. The van der Waals surface area contributed by atoms with Gasteiger partial charge in [0.25, 0.3) is 0 Å². The van der Waals surface area contributed by atoms with Crippen molar-refractivity contribution in [3.05, 3.63) is 0 Å². The van der Waals surface area contributed by atoms with Crippen LogP contribution in [-0.4, -0.2) is 75.3 Å². The zero-order valence-corrected chi connectivity index (χ0v) is 14.0. The number of hydrogen-bond acceptors (Lipinski definition) is 4. The van der Waals surface area contributed by atoms with Gasteiger partial charge < -0.3 is 19.3 Å². The molecule has 0 bridgehead atoms. The Balaban J connectivity index is 2.58. The molecular weight excluding hydrogens is 270 g/mol. The highest BCUT2D eigenvalue weighted by atomic mass is 16.5. The van der Waals surface area contributed by atoms with Gasteiger partial charge in [0.1, 0.15) is 5.84 Å². The molecule has 0 atom stereocenters. The van der Waals surface area contributed by atoms with Gasteiger partial charge in [0.2, 0.25) is 0 Å². The van der Waals surface area contributed by atoms with E-state index in [-0.39, 0.29) is 5.41 Å². The highest BCUT2D eigenvalue weighted by Crippen LogP contribution is 2.20. The zero-order chi connectivity index (χ0) is 15.9. The van der Waals surface area contributed by atoms with Gasteiger partial charge in [-0.2, -0.15) is 4.99 Å². The van der Waals surface area contributed by atoms with E-state index < -0.39 is 6.09 Å². The van der Waals surface area contributed by atoms with Crippen molar-refractivity contribution >= 4 is 11.9 Å². The van der Waals surface area contributed by atoms with Crippen molar-refractivity contribution in [3.63, 3.8) is 0 Å². The van der Waals surface area contributed by atoms with Gasteiger partial charge in [-0.3, -0.25) is 0 Å². The molecular formula is C15H29N3O3. The zero-order valence-electron chi connectivity index (χ0n) is 14.0. The van der Waals surface area contributed by atoms with Gasteiger partial charge >= 0.3 is 6.09 Å². The van der Waals surface area contributed by atoms with Crippen molar-refractivity contribution in [3.8, 4) is 0 Å². The fourth-order valence-corrected chi connectivity index (χ4v) is 2.15. The minimum absolute atomic E-state index is 0.194. The Bertz CT molecular complexity index is 356. The van der Waals surface area contributed by atoms with E-state index in [0.717, 1.165) is 31.9 Å². The third-order valence-electron chi connectivity index (χ3n) is 3.15. The molecule has 1 amide bonds. The van der Waals surface area contributed by atoms with Crippen LogP contribution in [0.2, 0.25) is 0 Å². The third-order valence-corrected chi connectivity index (χ3v) is 3.15. The Kier molecular flexibility index (Phi) is 7.11. The minimum Gasteiger partial charge on any atom is -0.448 e. The topological polar surface area (TPSA) is 54.4 Å². The number of hydrogen-bond donors (Lipinski definition) is 0. The van der Waals surface area contributed by atoms with E-state index in [1.165, 1.54) is 0 Å². The van der Waals surface area contributed by atoms with Crippen molar-refractivity contribution in [1.82, 2.24) is 9.80 Å². The van der Waals surface area contributed by atoms with E-state index in [2.05, 4.69) is 35.6 Å². The summed E-state index contributed by atoms with van der Waals surface area (Å²) in [5.41, 5.74) is -0.194. The second kappa shape index (κ2) is 8.34. The maximum atomic E-state index is 11.9. The Morgan fingerprint density at radius 3 is 2.43 bits per heavy atom. The number of aliphatic imine (C=N–C) groups is 1. The second-order valence-electron chi connectivity index (χ2n) is 6.56. The first-order chi connectivity index (χ1) is 9.80. The predicted molar refractivity (Wildman–Crippen MR) is 83.8 cm³/mol. The normalized spacial score (nSPS) is 17.2. The standard InChI is InChI=1S/C15H29N3O3/c1-15(2,3)13(18-8-11-20-12-9-18)16-14(19)21-10-6-7-17(4)5/h6-12H2,1-5H3. The van der Waals surface area contributed by atoms with Gasteiger partial charge in [-0.15, -0.1) is 0 Å². The summed E-state index contributed by atoms with van der Waals surface area (Å²) in [5.74, 6) is 0.781. The monoisotopic (exact) mass is 299 g/mol. The van der Waals surface area contributed by atoms with Gasteiger partial charge in [-0.05, 0) is 20.5 Å². The van der Waals surface area contributed by atoms with E-state index in [0.29, 0.717) is 19.8 Å². The third kappa shape index (κ3) is 6.91. The molecule has 0 spiro atoms. The maximum absolute atomic E-state index is 11.9. The number of morpholine rings is 1. The summed E-state index contributed by atoms with van der Waals surface area (Å²) in [5, 5.41) is 0. The van der Waals surface area contributed by atoms with Crippen molar-refractivity contribution in [2.24, 2.45) is 10.4 Å². The molecule has 21 heavy (non-hydrogen) atoms. The lowest BCUT2D eigenvalue weighted by molar-refractivity contribution is 0.0642. The first-order valence-corrected chi connectivity index (χ1v) is 7.54. The number of amidine groups is 1. The number of rotatable bonds is 4. The molecule has 1 heterocycles. The molecule has 1 fully saturated rings. The summed E-state index contributed by atoms with van der Waals surface area (Å²) in [6.07, 6.45) is 0.321. The first-order valence-electron chi connectivity index (χ1n) is 7.54. The van der Waals surface area contributed by atoms with E-state index in [4.69, 9.17) is 9.47 Å². The summed E-state index contributed by atoms with van der Waals surface area (Å²) in [7, 11) is 3.99. The summed E-state index contributed by atoms with van der Waals surface area (Å²) in [4.78, 5) is 20.3. The average Bonchev–Trinajstić information content (AvgIpc) is 2.40. The van der Waals surface area contributed by atoms with Crippen LogP contribution < -0.4 is 0 Å². The number of ether oxygens (including phenoxy) is 2. The highest BCUT2D eigenvalue weighted by molar-refractivity contribution is 5.95. The van der Waals surface area contributed by atoms with Gasteiger partial charge in [-0.1, -0.05) is 20.8 Å². The fourth-order valence-electron chi connectivity index (χ4n) is 2.15. The van der Waals surface area contributed by atoms with Crippen LogP contribution in [-0.2, 0) is 9.47 Å². The Labute approximate surface area is 128 Å². The minimum atomic E-state index is -0.495. The average molecular weight is 299 g/mol. The number of nitrogens with zero attached hydrogens (tertiary/aromatic N) is 3. The molecule has 0 radical (unpaired) electrons. The lowest BCUT2D eigenvalue weighted by Crippen LogP contribution is -2.46. The molecule has 0 N–H and O–H groups in total.